The van der Waals surface area contributed by atoms with Crippen molar-refractivity contribution in [3.63, 3.8) is 0 Å². The first-order chi connectivity index (χ1) is 18.3. The van der Waals surface area contributed by atoms with Gasteiger partial charge in [0.1, 0.15) is 12.6 Å². The standard InChI is InChI=1S/C30H28N2O5S/c1-20-12-14-24(15-13-20)38(35,36)19-23-17-31-27(25(23)16-21-8-4-2-5-9-21)28(29(31)33)32-26(18-37-30(32)34)22-10-6-3-7-11-22/h2-15,19,25-28H,16-18H2,1H3/b23-19+/t25-,26+,27+,28-/m0/s1. The Kier molecular flexibility index (Phi) is 6.07. The van der Waals surface area contributed by atoms with E-state index in [0.717, 1.165) is 16.7 Å². The monoisotopic (exact) mass is 528 g/mol. The summed E-state index contributed by atoms with van der Waals surface area (Å²) in [7, 11) is -3.73. The molecule has 6 rings (SSSR count). The van der Waals surface area contributed by atoms with Crippen LogP contribution in [0.2, 0.25) is 0 Å². The fraction of sp³-hybridized carbons (Fsp3) is 0.267. The molecule has 8 heteroatoms. The summed E-state index contributed by atoms with van der Waals surface area (Å²) in [6.45, 7) is 2.30. The zero-order valence-electron chi connectivity index (χ0n) is 20.9. The summed E-state index contributed by atoms with van der Waals surface area (Å²) in [4.78, 5) is 29.9. The highest BCUT2D eigenvalue weighted by molar-refractivity contribution is 7.94. The predicted molar refractivity (Wildman–Crippen MR) is 142 cm³/mol. The third-order valence-electron chi connectivity index (χ3n) is 7.81. The second-order valence-corrected chi connectivity index (χ2v) is 12.0. The molecule has 3 aromatic carbocycles. The number of β-lactam (4-membered cyclic amide) rings is 1. The zero-order valence-corrected chi connectivity index (χ0v) is 21.8. The second-order valence-electron chi connectivity index (χ2n) is 10.2. The Balaban J connectivity index is 1.38. The Morgan fingerprint density at radius 2 is 1.58 bits per heavy atom. The van der Waals surface area contributed by atoms with Gasteiger partial charge in [-0.3, -0.25) is 9.69 Å². The van der Waals surface area contributed by atoms with Crippen LogP contribution in [0.15, 0.2) is 101 Å². The lowest BCUT2D eigenvalue weighted by Gasteiger charge is -2.49. The Hall–Kier alpha value is -3.91. The maximum absolute atomic E-state index is 13.5. The van der Waals surface area contributed by atoms with Crippen LogP contribution in [-0.2, 0) is 25.8 Å². The van der Waals surface area contributed by atoms with Crippen LogP contribution in [0, 0.1) is 12.8 Å². The summed E-state index contributed by atoms with van der Waals surface area (Å²) in [6, 6.07) is 24.7. The number of nitrogens with zero attached hydrogens (tertiary/aromatic N) is 2. The van der Waals surface area contributed by atoms with Crippen LogP contribution in [0.5, 0.6) is 0 Å². The summed E-state index contributed by atoms with van der Waals surface area (Å²) in [5, 5.41) is 1.34. The molecule has 3 heterocycles. The number of hydrogen-bond donors (Lipinski definition) is 0. The van der Waals surface area contributed by atoms with Crippen LogP contribution < -0.4 is 0 Å². The van der Waals surface area contributed by atoms with E-state index in [2.05, 4.69) is 0 Å². The fourth-order valence-corrected chi connectivity index (χ4v) is 7.20. The molecule has 194 valence electrons. The predicted octanol–water partition coefficient (Wildman–Crippen LogP) is 4.30. The van der Waals surface area contributed by atoms with Crippen molar-refractivity contribution in [2.45, 2.75) is 36.4 Å². The minimum Gasteiger partial charge on any atom is -0.447 e. The summed E-state index contributed by atoms with van der Waals surface area (Å²) >= 11 is 0. The van der Waals surface area contributed by atoms with Crippen molar-refractivity contribution >= 4 is 21.8 Å². The Morgan fingerprint density at radius 3 is 2.26 bits per heavy atom. The van der Waals surface area contributed by atoms with Crippen molar-refractivity contribution in [2.24, 2.45) is 5.92 Å². The van der Waals surface area contributed by atoms with Gasteiger partial charge in [0.15, 0.2) is 9.84 Å². The van der Waals surface area contributed by atoms with Crippen molar-refractivity contribution in [2.75, 3.05) is 13.2 Å². The van der Waals surface area contributed by atoms with Crippen LogP contribution in [-0.4, -0.2) is 55.5 Å². The molecule has 0 N–H and O–H groups in total. The Bertz CT molecular complexity index is 1500. The molecule has 3 aliphatic heterocycles. The quantitative estimate of drug-likeness (QED) is 0.446. The molecule has 3 saturated heterocycles. The van der Waals surface area contributed by atoms with Gasteiger partial charge in [0.25, 0.3) is 0 Å². The number of sulfone groups is 1. The number of amides is 2. The summed E-state index contributed by atoms with van der Waals surface area (Å²) in [6.07, 6.45) is 0.0416. The first kappa shape index (κ1) is 24.4. The van der Waals surface area contributed by atoms with E-state index in [-0.39, 0.29) is 42.0 Å². The zero-order chi connectivity index (χ0) is 26.4. The van der Waals surface area contributed by atoms with E-state index in [9.17, 15) is 18.0 Å². The number of fused-ring (bicyclic) bond motifs is 1. The first-order valence-corrected chi connectivity index (χ1v) is 14.2. The van der Waals surface area contributed by atoms with E-state index in [4.69, 9.17) is 4.74 Å². The lowest BCUT2D eigenvalue weighted by atomic mass is 9.81. The third-order valence-corrected chi connectivity index (χ3v) is 9.35. The normalized spacial score (nSPS) is 25.9. The molecule has 0 unspecified atom stereocenters. The van der Waals surface area contributed by atoms with E-state index < -0.39 is 22.0 Å². The van der Waals surface area contributed by atoms with Gasteiger partial charge in [-0.2, -0.15) is 0 Å². The van der Waals surface area contributed by atoms with Gasteiger partial charge in [0.05, 0.1) is 17.0 Å². The smallest absolute Gasteiger partial charge is 0.411 e. The molecule has 7 nitrogen and oxygen atoms in total. The summed E-state index contributed by atoms with van der Waals surface area (Å²) in [5.41, 5.74) is 3.60. The van der Waals surface area contributed by atoms with Crippen LogP contribution >= 0.6 is 0 Å². The average molecular weight is 529 g/mol. The van der Waals surface area contributed by atoms with Crippen LogP contribution in [0.4, 0.5) is 4.79 Å². The minimum absolute atomic E-state index is 0.174. The highest BCUT2D eigenvalue weighted by Gasteiger charge is 2.62. The maximum Gasteiger partial charge on any atom is 0.411 e. The third kappa shape index (κ3) is 4.19. The average Bonchev–Trinajstić information content (AvgIpc) is 3.43. The maximum atomic E-state index is 13.5. The van der Waals surface area contributed by atoms with E-state index >= 15 is 0 Å². The molecule has 0 aliphatic carbocycles. The summed E-state index contributed by atoms with van der Waals surface area (Å²) in [5.74, 6) is -0.436. The van der Waals surface area contributed by atoms with Crippen molar-refractivity contribution in [1.82, 2.24) is 9.80 Å². The minimum atomic E-state index is -3.73. The highest BCUT2D eigenvalue weighted by Crippen LogP contribution is 2.46. The molecule has 0 saturated carbocycles. The van der Waals surface area contributed by atoms with Gasteiger partial charge in [0.2, 0.25) is 5.91 Å². The van der Waals surface area contributed by atoms with E-state index in [1.807, 2.05) is 67.6 Å². The van der Waals surface area contributed by atoms with Gasteiger partial charge in [-0.1, -0.05) is 78.4 Å². The van der Waals surface area contributed by atoms with Gasteiger partial charge >= 0.3 is 6.09 Å². The molecular weight excluding hydrogens is 500 g/mol. The Morgan fingerprint density at radius 1 is 0.921 bits per heavy atom. The molecular formula is C30H28N2O5S. The van der Waals surface area contributed by atoms with Gasteiger partial charge in [-0.15, -0.1) is 0 Å². The fourth-order valence-electron chi connectivity index (χ4n) is 5.90. The number of hydrogen-bond acceptors (Lipinski definition) is 5. The van der Waals surface area contributed by atoms with Crippen LogP contribution in [0.3, 0.4) is 0 Å². The van der Waals surface area contributed by atoms with Crippen LogP contribution in [0.1, 0.15) is 22.7 Å². The van der Waals surface area contributed by atoms with Gasteiger partial charge in [-0.05, 0) is 42.2 Å². The highest BCUT2D eigenvalue weighted by atomic mass is 32.2. The number of cyclic esters (lactones) is 1. The van der Waals surface area contributed by atoms with E-state index in [1.165, 1.54) is 5.41 Å². The molecule has 3 fully saturated rings. The first-order valence-electron chi connectivity index (χ1n) is 12.7. The number of benzene rings is 3. The number of rotatable bonds is 6. The van der Waals surface area contributed by atoms with Crippen molar-refractivity contribution in [1.29, 1.82) is 0 Å². The van der Waals surface area contributed by atoms with Crippen molar-refractivity contribution in [3.8, 4) is 0 Å². The molecule has 0 bridgehead atoms. The lowest BCUT2D eigenvalue weighted by Crippen LogP contribution is -2.70. The van der Waals surface area contributed by atoms with E-state index in [0.29, 0.717) is 12.0 Å². The molecule has 3 aromatic rings. The number of carbonyl (C=O) groups is 2. The van der Waals surface area contributed by atoms with Gasteiger partial charge in [-0.25, -0.2) is 13.2 Å². The largest absolute Gasteiger partial charge is 0.447 e. The topological polar surface area (TPSA) is 84.0 Å². The van der Waals surface area contributed by atoms with Crippen molar-refractivity contribution < 1.29 is 22.7 Å². The molecule has 2 amide bonds. The van der Waals surface area contributed by atoms with Gasteiger partial charge < -0.3 is 9.64 Å². The molecule has 0 radical (unpaired) electrons. The number of carbonyl (C=O) groups excluding carboxylic acids is 2. The van der Waals surface area contributed by atoms with Gasteiger partial charge in [0, 0.05) is 17.9 Å². The van der Waals surface area contributed by atoms with E-state index in [1.54, 1.807) is 34.1 Å². The molecule has 4 atom stereocenters. The Labute approximate surface area is 222 Å². The summed E-state index contributed by atoms with van der Waals surface area (Å²) < 4.78 is 32.2. The SMILES string of the molecule is Cc1ccc(S(=O)(=O)/C=C2\CN3C(=O)[C@@H](N4C(=O)OC[C@@H]4c4ccccc4)[C@H]3[C@H]2Cc2ccccc2)cc1. The number of ether oxygens (including phenoxy) is 1. The molecule has 3 aliphatic rings. The van der Waals surface area contributed by atoms with Crippen molar-refractivity contribution in [3.05, 3.63) is 113 Å². The van der Waals surface area contributed by atoms with Crippen LogP contribution in [0.25, 0.3) is 0 Å². The lowest BCUT2D eigenvalue weighted by molar-refractivity contribution is -0.155. The second kappa shape index (κ2) is 9.44. The molecule has 0 spiro atoms. The molecule has 38 heavy (non-hydrogen) atoms. The molecule has 0 aromatic heterocycles. The number of aryl methyl sites for hydroxylation is 1.